The van der Waals surface area contributed by atoms with E-state index in [-0.39, 0.29) is 18.4 Å². The standard InChI is InChI=1S/C26H31N3O3/c1-4-13-29(16-25(30)28-23-7-5-6-8-24(23)32-3)26(31)18-10-12-22-20(15-18)19-14-17(2)9-11-21(19)27-22/h5-8,10,12,15,17,27H,4,9,11,13-14,16H2,1-3H3,(H,28,30)/t17-/m0/s1. The lowest BCUT2D eigenvalue weighted by Crippen LogP contribution is -2.38. The maximum absolute atomic E-state index is 13.4. The molecule has 2 N–H and O–H groups in total. The molecule has 0 aliphatic heterocycles. The van der Waals surface area contributed by atoms with Crippen molar-refractivity contribution >= 4 is 28.4 Å². The minimum absolute atomic E-state index is 0.00889. The summed E-state index contributed by atoms with van der Waals surface area (Å²) in [4.78, 5) is 31.2. The molecule has 0 fully saturated rings. The number of fused-ring (bicyclic) bond motifs is 3. The lowest BCUT2D eigenvalue weighted by atomic mass is 9.87. The maximum atomic E-state index is 13.4. The average molecular weight is 434 g/mol. The van der Waals surface area contributed by atoms with Gasteiger partial charge in [0.2, 0.25) is 5.91 Å². The number of nitrogens with zero attached hydrogens (tertiary/aromatic N) is 1. The lowest BCUT2D eigenvalue weighted by Gasteiger charge is -2.22. The van der Waals surface area contributed by atoms with E-state index in [1.165, 1.54) is 17.7 Å². The van der Waals surface area contributed by atoms with E-state index in [0.717, 1.165) is 30.2 Å². The molecule has 6 heteroatoms. The van der Waals surface area contributed by atoms with E-state index in [2.05, 4.69) is 17.2 Å². The molecule has 1 atom stereocenters. The summed E-state index contributed by atoms with van der Waals surface area (Å²) < 4.78 is 5.30. The van der Waals surface area contributed by atoms with Crippen molar-refractivity contribution in [2.24, 2.45) is 5.92 Å². The van der Waals surface area contributed by atoms with Crippen molar-refractivity contribution in [1.29, 1.82) is 0 Å². The van der Waals surface area contributed by atoms with Gasteiger partial charge >= 0.3 is 0 Å². The van der Waals surface area contributed by atoms with Crippen LogP contribution in [-0.4, -0.2) is 41.9 Å². The lowest BCUT2D eigenvalue weighted by molar-refractivity contribution is -0.116. The number of aromatic nitrogens is 1. The molecule has 32 heavy (non-hydrogen) atoms. The summed E-state index contributed by atoms with van der Waals surface area (Å²) in [5.74, 6) is 0.871. The second-order valence-corrected chi connectivity index (χ2v) is 8.67. The maximum Gasteiger partial charge on any atom is 0.254 e. The van der Waals surface area contributed by atoms with Gasteiger partial charge < -0.3 is 19.9 Å². The molecule has 0 saturated carbocycles. The van der Waals surface area contributed by atoms with E-state index in [1.54, 1.807) is 24.1 Å². The van der Waals surface area contributed by atoms with E-state index in [9.17, 15) is 9.59 Å². The van der Waals surface area contributed by atoms with Crippen LogP contribution in [0.2, 0.25) is 0 Å². The van der Waals surface area contributed by atoms with Crippen LogP contribution in [0.3, 0.4) is 0 Å². The highest BCUT2D eigenvalue weighted by Crippen LogP contribution is 2.32. The summed E-state index contributed by atoms with van der Waals surface area (Å²) in [6.07, 6.45) is 4.05. The number of hydrogen-bond acceptors (Lipinski definition) is 3. The van der Waals surface area contributed by atoms with Crippen molar-refractivity contribution in [3.05, 3.63) is 59.3 Å². The average Bonchev–Trinajstić information content (AvgIpc) is 3.15. The van der Waals surface area contributed by atoms with Crippen LogP contribution in [-0.2, 0) is 17.6 Å². The van der Waals surface area contributed by atoms with Crippen molar-refractivity contribution in [3.63, 3.8) is 0 Å². The molecule has 3 aromatic rings. The number of carbonyl (C=O) groups excluding carboxylic acids is 2. The summed E-state index contributed by atoms with van der Waals surface area (Å²) in [6.45, 7) is 4.79. The zero-order chi connectivity index (χ0) is 22.7. The SMILES string of the molecule is CCCN(CC(=O)Nc1ccccc1OC)C(=O)c1ccc2[nH]c3c(c2c1)C[C@@H](C)CC3. The zero-order valence-corrected chi connectivity index (χ0v) is 19.0. The fourth-order valence-electron chi connectivity index (χ4n) is 4.54. The Balaban J connectivity index is 1.54. The molecule has 1 aliphatic rings. The van der Waals surface area contributed by atoms with E-state index >= 15 is 0 Å². The molecule has 0 unspecified atom stereocenters. The fraction of sp³-hybridized carbons (Fsp3) is 0.385. The number of nitrogens with one attached hydrogen (secondary N) is 2. The number of anilines is 1. The van der Waals surface area contributed by atoms with E-state index in [4.69, 9.17) is 4.74 Å². The first-order valence-corrected chi connectivity index (χ1v) is 11.4. The quantitative estimate of drug-likeness (QED) is 0.562. The zero-order valence-electron chi connectivity index (χ0n) is 19.0. The molecule has 0 saturated heterocycles. The Kier molecular flexibility index (Phi) is 6.49. The minimum atomic E-state index is -0.245. The number of carbonyl (C=O) groups is 2. The summed E-state index contributed by atoms with van der Waals surface area (Å²) in [7, 11) is 1.56. The number of amides is 2. The molecule has 1 aliphatic carbocycles. The van der Waals surface area contributed by atoms with Crippen LogP contribution < -0.4 is 10.1 Å². The van der Waals surface area contributed by atoms with Gasteiger partial charge in [-0.1, -0.05) is 26.0 Å². The van der Waals surface area contributed by atoms with Crippen LogP contribution in [0.4, 0.5) is 5.69 Å². The predicted octanol–water partition coefficient (Wildman–Crippen LogP) is 4.79. The molecule has 4 rings (SSSR count). The summed E-state index contributed by atoms with van der Waals surface area (Å²) >= 11 is 0. The van der Waals surface area contributed by atoms with Crippen LogP contribution in [0, 0.1) is 5.92 Å². The van der Waals surface area contributed by atoms with Gasteiger partial charge in [0.15, 0.2) is 0 Å². The van der Waals surface area contributed by atoms with Crippen LogP contribution in [0.25, 0.3) is 10.9 Å². The van der Waals surface area contributed by atoms with Crippen molar-refractivity contribution in [2.45, 2.75) is 39.5 Å². The van der Waals surface area contributed by atoms with Gasteiger partial charge in [-0.25, -0.2) is 0 Å². The third-order valence-corrected chi connectivity index (χ3v) is 6.18. The number of ether oxygens (including phenoxy) is 1. The summed E-state index contributed by atoms with van der Waals surface area (Å²) in [5.41, 5.74) is 4.93. The Morgan fingerprint density at radius 2 is 2.03 bits per heavy atom. The Hall–Kier alpha value is -3.28. The number of para-hydroxylation sites is 2. The molecule has 1 heterocycles. The molecule has 168 valence electrons. The summed E-state index contributed by atoms with van der Waals surface area (Å²) in [5, 5.41) is 4.00. The van der Waals surface area contributed by atoms with E-state index < -0.39 is 0 Å². The Labute approximate surface area is 188 Å². The Bertz CT molecular complexity index is 1130. The van der Waals surface area contributed by atoms with E-state index in [0.29, 0.717) is 29.5 Å². The van der Waals surface area contributed by atoms with Crippen LogP contribution in [0.1, 0.15) is 48.3 Å². The highest BCUT2D eigenvalue weighted by molar-refractivity contribution is 6.02. The van der Waals surface area contributed by atoms with Gasteiger partial charge in [-0.05, 0) is 67.5 Å². The number of hydrogen-bond donors (Lipinski definition) is 2. The topological polar surface area (TPSA) is 74.4 Å². The molecular weight excluding hydrogens is 402 g/mol. The number of aryl methyl sites for hydroxylation is 1. The first-order chi connectivity index (χ1) is 15.5. The second kappa shape index (κ2) is 9.47. The number of H-pyrrole nitrogens is 1. The van der Waals surface area contributed by atoms with Crippen LogP contribution >= 0.6 is 0 Å². The van der Waals surface area contributed by atoms with Gasteiger partial charge in [-0.15, -0.1) is 0 Å². The van der Waals surface area contributed by atoms with Gasteiger partial charge in [0, 0.05) is 28.7 Å². The van der Waals surface area contributed by atoms with Crippen molar-refractivity contribution in [3.8, 4) is 5.75 Å². The molecular formula is C26H31N3O3. The van der Waals surface area contributed by atoms with Crippen molar-refractivity contribution < 1.29 is 14.3 Å². The van der Waals surface area contributed by atoms with Gasteiger partial charge in [0.05, 0.1) is 12.8 Å². The van der Waals surface area contributed by atoms with Gasteiger partial charge in [0.25, 0.3) is 5.91 Å². The number of benzene rings is 2. The number of aromatic amines is 1. The van der Waals surface area contributed by atoms with Crippen LogP contribution in [0.5, 0.6) is 5.75 Å². The molecule has 0 bridgehead atoms. The summed E-state index contributed by atoms with van der Waals surface area (Å²) in [6, 6.07) is 13.1. The molecule has 1 aromatic heterocycles. The molecule has 2 amide bonds. The van der Waals surface area contributed by atoms with Crippen LogP contribution in [0.15, 0.2) is 42.5 Å². The first kappa shape index (κ1) is 21.9. The van der Waals surface area contributed by atoms with Gasteiger partial charge in [-0.3, -0.25) is 9.59 Å². The third kappa shape index (κ3) is 4.49. The minimum Gasteiger partial charge on any atom is -0.495 e. The molecule has 0 spiro atoms. The Morgan fingerprint density at radius 1 is 1.22 bits per heavy atom. The monoisotopic (exact) mass is 433 g/mol. The highest BCUT2D eigenvalue weighted by atomic mass is 16.5. The molecule has 6 nitrogen and oxygen atoms in total. The largest absolute Gasteiger partial charge is 0.495 e. The normalized spacial score (nSPS) is 15.3. The third-order valence-electron chi connectivity index (χ3n) is 6.18. The van der Waals surface area contributed by atoms with Crippen molar-refractivity contribution in [1.82, 2.24) is 9.88 Å². The predicted molar refractivity (Wildman–Crippen MR) is 127 cm³/mol. The number of rotatable bonds is 7. The second-order valence-electron chi connectivity index (χ2n) is 8.67. The van der Waals surface area contributed by atoms with Gasteiger partial charge in [-0.2, -0.15) is 0 Å². The first-order valence-electron chi connectivity index (χ1n) is 11.4. The smallest absolute Gasteiger partial charge is 0.254 e. The Morgan fingerprint density at radius 3 is 2.81 bits per heavy atom. The van der Waals surface area contributed by atoms with Gasteiger partial charge in [0.1, 0.15) is 12.3 Å². The highest BCUT2D eigenvalue weighted by Gasteiger charge is 2.23. The van der Waals surface area contributed by atoms with E-state index in [1.807, 2.05) is 37.3 Å². The van der Waals surface area contributed by atoms with Crippen molar-refractivity contribution in [2.75, 3.05) is 25.5 Å². The molecule has 2 aromatic carbocycles. The number of methoxy groups -OCH3 is 1. The fourth-order valence-corrected chi connectivity index (χ4v) is 4.54. The molecule has 0 radical (unpaired) electrons.